The molecule has 1 aliphatic heterocycles. The maximum atomic E-state index is 11.5. The van der Waals surface area contributed by atoms with Crippen molar-refractivity contribution in [3.05, 3.63) is 0 Å². The van der Waals surface area contributed by atoms with Gasteiger partial charge in [-0.3, -0.25) is 4.79 Å². The molecule has 1 amide bonds. The van der Waals surface area contributed by atoms with Crippen molar-refractivity contribution < 1.29 is 9.53 Å². The first-order valence-electron chi connectivity index (χ1n) is 5.30. The molecular formula is C10H20N2O2. The third-order valence-electron chi connectivity index (χ3n) is 2.69. The number of ether oxygens (including phenoxy) is 1. The number of likely N-dealkylation sites (tertiary alicyclic amines) is 1. The van der Waals surface area contributed by atoms with Crippen molar-refractivity contribution in [1.82, 2.24) is 10.2 Å². The highest BCUT2D eigenvalue weighted by molar-refractivity contribution is 5.77. The zero-order chi connectivity index (χ0) is 10.4. The van der Waals surface area contributed by atoms with Gasteiger partial charge < -0.3 is 15.0 Å². The zero-order valence-electron chi connectivity index (χ0n) is 9.08. The first-order valence-corrected chi connectivity index (χ1v) is 5.30. The Morgan fingerprint density at radius 1 is 1.50 bits per heavy atom. The number of piperidine rings is 1. The van der Waals surface area contributed by atoms with Crippen LogP contribution in [-0.2, 0) is 9.53 Å². The lowest BCUT2D eigenvalue weighted by Gasteiger charge is -2.31. The topological polar surface area (TPSA) is 41.6 Å². The number of hydrogen-bond acceptors (Lipinski definition) is 3. The zero-order valence-corrected chi connectivity index (χ0v) is 9.08. The number of nitrogens with one attached hydrogen (secondary N) is 1. The van der Waals surface area contributed by atoms with Gasteiger partial charge >= 0.3 is 0 Å². The molecule has 0 aliphatic carbocycles. The Kier molecular flexibility index (Phi) is 4.90. The number of amides is 1. The fraction of sp³-hybridized carbons (Fsp3) is 0.900. The molecule has 0 atom stereocenters. The molecule has 0 unspecified atom stereocenters. The van der Waals surface area contributed by atoms with Crippen LogP contribution in [0.5, 0.6) is 0 Å². The molecule has 0 saturated carbocycles. The average molecular weight is 200 g/mol. The Labute approximate surface area is 85.6 Å². The highest BCUT2D eigenvalue weighted by Crippen LogP contribution is 2.09. The molecule has 1 saturated heterocycles. The van der Waals surface area contributed by atoms with Crippen LogP contribution in [-0.4, -0.2) is 50.2 Å². The van der Waals surface area contributed by atoms with Gasteiger partial charge in [0.1, 0.15) is 6.61 Å². The summed E-state index contributed by atoms with van der Waals surface area (Å²) in [6.45, 7) is 4.47. The summed E-state index contributed by atoms with van der Waals surface area (Å²) < 4.78 is 5.09. The van der Waals surface area contributed by atoms with Gasteiger partial charge in [0.15, 0.2) is 0 Å². The minimum absolute atomic E-state index is 0.126. The molecule has 0 aromatic rings. The lowest BCUT2D eigenvalue weighted by Crippen LogP contribution is -2.45. The summed E-state index contributed by atoms with van der Waals surface area (Å²) in [5, 5.41) is 3.24. The van der Waals surface area contributed by atoms with Crippen molar-refractivity contribution in [2.24, 2.45) is 0 Å². The van der Waals surface area contributed by atoms with E-state index in [-0.39, 0.29) is 12.5 Å². The van der Waals surface area contributed by atoms with E-state index in [1.807, 2.05) is 18.9 Å². The van der Waals surface area contributed by atoms with E-state index in [1.54, 1.807) is 0 Å². The second-order valence-corrected chi connectivity index (χ2v) is 3.58. The second-order valence-electron chi connectivity index (χ2n) is 3.58. The van der Waals surface area contributed by atoms with Gasteiger partial charge in [0, 0.05) is 25.7 Å². The van der Waals surface area contributed by atoms with Gasteiger partial charge in [0.25, 0.3) is 0 Å². The Bertz CT molecular complexity index is 177. The lowest BCUT2D eigenvalue weighted by atomic mass is 10.1. The van der Waals surface area contributed by atoms with Crippen molar-refractivity contribution in [2.45, 2.75) is 25.8 Å². The van der Waals surface area contributed by atoms with E-state index in [2.05, 4.69) is 5.32 Å². The van der Waals surface area contributed by atoms with Crippen LogP contribution in [0.4, 0.5) is 0 Å². The quantitative estimate of drug-likeness (QED) is 0.706. The molecule has 1 rings (SSSR count). The van der Waals surface area contributed by atoms with Gasteiger partial charge in [-0.1, -0.05) is 0 Å². The largest absolute Gasteiger partial charge is 0.372 e. The summed E-state index contributed by atoms with van der Waals surface area (Å²) >= 11 is 0. The minimum atomic E-state index is 0.126. The smallest absolute Gasteiger partial charge is 0.248 e. The molecule has 1 fully saturated rings. The third-order valence-corrected chi connectivity index (χ3v) is 2.69. The van der Waals surface area contributed by atoms with E-state index in [0.29, 0.717) is 12.6 Å². The summed E-state index contributed by atoms with van der Waals surface area (Å²) in [5.41, 5.74) is 0. The van der Waals surface area contributed by atoms with Crippen LogP contribution in [0.1, 0.15) is 19.8 Å². The van der Waals surface area contributed by atoms with Gasteiger partial charge in [-0.2, -0.15) is 0 Å². The standard InChI is InChI=1S/C10H20N2O2/c1-3-14-8-10(13)12-6-4-9(11-2)5-7-12/h9,11H,3-8H2,1-2H3. The van der Waals surface area contributed by atoms with Crippen molar-refractivity contribution in [2.75, 3.05) is 33.4 Å². The van der Waals surface area contributed by atoms with E-state index in [4.69, 9.17) is 4.74 Å². The second kappa shape index (κ2) is 5.98. The SMILES string of the molecule is CCOCC(=O)N1CCC(NC)CC1. The molecule has 0 radical (unpaired) electrons. The molecule has 4 heteroatoms. The fourth-order valence-electron chi connectivity index (χ4n) is 1.70. The number of carbonyl (C=O) groups excluding carboxylic acids is 1. The Hall–Kier alpha value is -0.610. The first-order chi connectivity index (χ1) is 6.77. The monoisotopic (exact) mass is 200 g/mol. The van der Waals surface area contributed by atoms with Crippen LogP contribution in [0, 0.1) is 0 Å². The molecule has 0 aromatic carbocycles. The van der Waals surface area contributed by atoms with Crippen molar-refractivity contribution >= 4 is 5.91 Å². The number of nitrogens with zero attached hydrogens (tertiary/aromatic N) is 1. The Morgan fingerprint density at radius 2 is 2.14 bits per heavy atom. The summed E-state index contributed by atoms with van der Waals surface area (Å²) in [4.78, 5) is 13.4. The Morgan fingerprint density at radius 3 is 2.64 bits per heavy atom. The summed E-state index contributed by atoms with van der Waals surface area (Å²) in [7, 11) is 1.97. The number of carbonyl (C=O) groups is 1. The fourth-order valence-corrected chi connectivity index (χ4v) is 1.70. The highest BCUT2D eigenvalue weighted by Gasteiger charge is 2.21. The third kappa shape index (κ3) is 3.27. The maximum absolute atomic E-state index is 11.5. The minimum Gasteiger partial charge on any atom is -0.372 e. The predicted octanol–water partition coefficient (Wildman–Crippen LogP) is 0.233. The predicted molar refractivity (Wildman–Crippen MR) is 55.2 cm³/mol. The van der Waals surface area contributed by atoms with E-state index in [9.17, 15) is 4.79 Å². The van der Waals surface area contributed by atoms with Crippen LogP contribution in [0.3, 0.4) is 0 Å². The lowest BCUT2D eigenvalue weighted by molar-refractivity contribution is -0.137. The van der Waals surface area contributed by atoms with Crippen molar-refractivity contribution in [3.63, 3.8) is 0 Å². The van der Waals surface area contributed by atoms with Crippen LogP contribution in [0.25, 0.3) is 0 Å². The van der Waals surface area contributed by atoms with Gasteiger partial charge in [0.2, 0.25) is 5.91 Å². The van der Waals surface area contributed by atoms with Gasteiger partial charge in [-0.05, 0) is 26.8 Å². The number of hydrogen-bond donors (Lipinski definition) is 1. The normalized spacial score (nSPS) is 18.6. The van der Waals surface area contributed by atoms with Crippen LogP contribution in [0.2, 0.25) is 0 Å². The van der Waals surface area contributed by atoms with Crippen LogP contribution < -0.4 is 5.32 Å². The van der Waals surface area contributed by atoms with Gasteiger partial charge in [-0.25, -0.2) is 0 Å². The van der Waals surface area contributed by atoms with Crippen LogP contribution in [0.15, 0.2) is 0 Å². The van der Waals surface area contributed by atoms with Crippen LogP contribution >= 0.6 is 0 Å². The van der Waals surface area contributed by atoms with E-state index in [0.717, 1.165) is 25.9 Å². The molecule has 1 aliphatic rings. The Balaban J connectivity index is 2.23. The molecule has 1 N–H and O–H groups in total. The van der Waals surface area contributed by atoms with Gasteiger partial charge in [-0.15, -0.1) is 0 Å². The summed E-state index contributed by atoms with van der Waals surface area (Å²) in [6.07, 6.45) is 2.10. The summed E-state index contributed by atoms with van der Waals surface area (Å²) in [6, 6.07) is 0.575. The maximum Gasteiger partial charge on any atom is 0.248 e. The molecule has 0 bridgehead atoms. The van der Waals surface area contributed by atoms with E-state index in [1.165, 1.54) is 0 Å². The van der Waals surface area contributed by atoms with Crippen molar-refractivity contribution in [1.29, 1.82) is 0 Å². The van der Waals surface area contributed by atoms with Gasteiger partial charge in [0.05, 0.1) is 0 Å². The number of rotatable bonds is 4. The van der Waals surface area contributed by atoms with E-state index < -0.39 is 0 Å². The molecule has 0 spiro atoms. The molecule has 4 nitrogen and oxygen atoms in total. The average Bonchev–Trinajstić information content (AvgIpc) is 2.26. The molecule has 0 aromatic heterocycles. The highest BCUT2D eigenvalue weighted by atomic mass is 16.5. The van der Waals surface area contributed by atoms with E-state index >= 15 is 0 Å². The molecule has 14 heavy (non-hydrogen) atoms. The first kappa shape index (κ1) is 11.5. The molecular weight excluding hydrogens is 180 g/mol. The summed E-state index contributed by atoms with van der Waals surface area (Å²) in [5.74, 6) is 0.126. The van der Waals surface area contributed by atoms with Crippen molar-refractivity contribution in [3.8, 4) is 0 Å². The molecule has 1 heterocycles. The molecule has 82 valence electrons.